The van der Waals surface area contributed by atoms with Crippen LogP contribution in [-0.4, -0.2) is 54.8 Å². The Labute approximate surface area is 113 Å². The molecule has 1 saturated heterocycles. The normalized spacial score (nSPS) is 26.8. The second-order valence-corrected chi connectivity index (χ2v) is 5.13. The molecular weight excluding hydrogens is 244 g/mol. The summed E-state index contributed by atoms with van der Waals surface area (Å²) in [5.41, 5.74) is 0. The van der Waals surface area contributed by atoms with Crippen LogP contribution in [0.3, 0.4) is 0 Å². The van der Waals surface area contributed by atoms with Crippen molar-refractivity contribution in [2.45, 2.75) is 32.7 Å². The molecule has 6 heteroatoms. The fourth-order valence-corrected chi connectivity index (χ4v) is 2.53. The number of nitrogens with one attached hydrogen (secondary N) is 2. The first-order valence-corrected chi connectivity index (χ1v) is 7.01. The zero-order valence-corrected chi connectivity index (χ0v) is 11.6. The molecule has 2 heterocycles. The van der Waals surface area contributed by atoms with E-state index in [9.17, 15) is 9.59 Å². The lowest BCUT2D eigenvalue weighted by molar-refractivity contribution is -0.133. The van der Waals surface area contributed by atoms with Crippen molar-refractivity contribution in [3.8, 4) is 0 Å². The SMILES string of the molecule is CCCC1C(=O)N=C(C(C)N2CCNCC2)NC1=O. The smallest absolute Gasteiger partial charge is 0.259 e. The van der Waals surface area contributed by atoms with Gasteiger partial charge in [0.25, 0.3) is 5.91 Å². The lowest BCUT2D eigenvalue weighted by atomic mass is 10.00. The highest BCUT2D eigenvalue weighted by molar-refractivity contribution is 6.17. The number of piperazine rings is 1. The average Bonchev–Trinajstić information content (AvgIpc) is 2.43. The van der Waals surface area contributed by atoms with E-state index in [1.54, 1.807) is 0 Å². The lowest BCUT2D eigenvalue weighted by Crippen LogP contribution is -2.56. The van der Waals surface area contributed by atoms with Crippen LogP contribution >= 0.6 is 0 Å². The number of aliphatic imine (C=N–C) groups is 1. The lowest BCUT2D eigenvalue weighted by Gasteiger charge is -2.34. The van der Waals surface area contributed by atoms with Crippen LogP contribution in [0.15, 0.2) is 4.99 Å². The maximum atomic E-state index is 11.9. The molecule has 2 rings (SSSR count). The summed E-state index contributed by atoms with van der Waals surface area (Å²) in [6.45, 7) is 7.61. The van der Waals surface area contributed by atoms with Crippen molar-refractivity contribution in [2.24, 2.45) is 10.9 Å². The number of rotatable bonds is 4. The van der Waals surface area contributed by atoms with Gasteiger partial charge in [0.15, 0.2) is 0 Å². The average molecular weight is 266 g/mol. The van der Waals surface area contributed by atoms with Gasteiger partial charge in [-0.05, 0) is 13.3 Å². The van der Waals surface area contributed by atoms with Crippen molar-refractivity contribution in [1.29, 1.82) is 0 Å². The molecule has 0 saturated carbocycles. The molecule has 0 aromatic carbocycles. The van der Waals surface area contributed by atoms with E-state index in [1.807, 2.05) is 13.8 Å². The minimum atomic E-state index is -0.594. The summed E-state index contributed by atoms with van der Waals surface area (Å²) in [6, 6.07) is -0.0161. The molecule has 0 aromatic rings. The van der Waals surface area contributed by atoms with Gasteiger partial charge in [-0.3, -0.25) is 14.5 Å². The van der Waals surface area contributed by atoms with E-state index in [1.165, 1.54) is 0 Å². The first-order valence-electron chi connectivity index (χ1n) is 7.01. The van der Waals surface area contributed by atoms with E-state index >= 15 is 0 Å². The summed E-state index contributed by atoms with van der Waals surface area (Å²) >= 11 is 0. The van der Waals surface area contributed by atoms with Crippen LogP contribution in [0.2, 0.25) is 0 Å². The first-order chi connectivity index (χ1) is 9.13. The predicted octanol–water partition coefficient (Wildman–Crippen LogP) is -0.249. The van der Waals surface area contributed by atoms with E-state index in [0.717, 1.165) is 32.6 Å². The molecule has 2 aliphatic heterocycles. The van der Waals surface area contributed by atoms with Crippen LogP contribution in [-0.2, 0) is 9.59 Å². The Morgan fingerprint density at radius 1 is 1.37 bits per heavy atom. The Bertz CT molecular complexity index is 388. The number of hydrogen-bond donors (Lipinski definition) is 2. The standard InChI is InChI=1S/C13H22N4O2/c1-3-4-10-12(18)15-11(16-13(10)19)9(2)17-7-5-14-6-8-17/h9-10,14H,3-8H2,1-2H3,(H,15,16,18,19). The van der Waals surface area contributed by atoms with Crippen LogP contribution in [0.25, 0.3) is 0 Å². The van der Waals surface area contributed by atoms with Gasteiger partial charge in [-0.2, -0.15) is 4.99 Å². The molecule has 0 spiro atoms. The molecule has 1 fully saturated rings. The van der Waals surface area contributed by atoms with Crippen molar-refractivity contribution in [1.82, 2.24) is 15.5 Å². The molecule has 2 amide bonds. The molecule has 0 aliphatic carbocycles. The van der Waals surface area contributed by atoms with Crippen molar-refractivity contribution < 1.29 is 9.59 Å². The molecule has 0 bridgehead atoms. The zero-order valence-electron chi connectivity index (χ0n) is 11.6. The molecule has 2 aliphatic rings. The Hall–Kier alpha value is -1.27. The molecule has 19 heavy (non-hydrogen) atoms. The number of carbonyl (C=O) groups excluding carboxylic acids is 2. The van der Waals surface area contributed by atoms with Crippen molar-refractivity contribution in [3.63, 3.8) is 0 Å². The Balaban J connectivity index is 2.06. The predicted molar refractivity (Wildman–Crippen MR) is 72.9 cm³/mol. The minimum absolute atomic E-state index is 0.0161. The Kier molecular flexibility index (Phi) is 4.66. The maximum Gasteiger partial charge on any atom is 0.259 e. The second-order valence-electron chi connectivity index (χ2n) is 5.13. The second kappa shape index (κ2) is 6.25. The number of amidine groups is 1. The first kappa shape index (κ1) is 14.1. The third-order valence-corrected chi connectivity index (χ3v) is 3.77. The monoisotopic (exact) mass is 266 g/mol. The zero-order chi connectivity index (χ0) is 13.8. The van der Waals surface area contributed by atoms with Crippen LogP contribution in [0.1, 0.15) is 26.7 Å². The third kappa shape index (κ3) is 3.19. The number of amides is 2. The summed E-state index contributed by atoms with van der Waals surface area (Å²) in [4.78, 5) is 30.2. The van der Waals surface area contributed by atoms with E-state index in [2.05, 4.69) is 20.5 Å². The number of carbonyl (C=O) groups is 2. The van der Waals surface area contributed by atoms with Crippen LogP contribution in [0.5, 0.6) is 0 Å². The van der Waals surface area contributed by atoms with Gasteiger partial charge in [-0.1, -0.05) is 13.3 Å². The number of hydrogen-bond acceptors (Lipinski definition) is 4. The summed E-state index contributed by atoms with van der Waals surface area (Å²) in [5, 5.41) is 6.08. The van der Waals surface area contributed by atoms with Gasteiger partial charge in [-0.25, -0.2) is 0 Å². The number of nitrogens with zero attached hydrogens (tertiary/aromatic N) is 2. The van der Waals surface area contributed by atoms with Gasteiger partial charge in [0, 0.05) is 26.2 Å². The summed E-state index contributed by atoms with van der Waals surface area (Å²) in [5.74, 6) is -0.574. The molecule has 0 aromatic heterocycles. The minimum Gasteiger partial charge on any atom is -0.314 e. The highest BCUT2D eigenvalue weighted by Crippen LogP contribution is 2.14. The summed E-state index contributed by atoms with van der Waals surface area (Å²) in [7, 11) is 0. The summed E-state index contributed by atoms with van der Waals surface area (Å²) < 4.78 is 0. The molecule has 2 atom stereocenters. The fourth-order valence-electron chi connectivity index (χ4n) is 2.53. The van der Waals surface area contributed by atoms with Gasteiger partial charge in [0.1, 0.15) is 11.8 Å². The van der Waals surface area contributed by atoms with Crippen molar-refractivity contribution >= 4 is 17.6 Å². The Morgan fingerprint density at radius 2 is 2.05 bits per heavy atom. The van der Waals surface area contributed by atoms with Gasteiger partial charge >= 0.3 is 0 Å². The largest absolute Gasteiger partial charge is 0.314 e. The van der Waals surface area contributed by atoms with Gasteiger partial charge < -0.3 is 10.6 Å². The van der Waals surface area contributed by atoms with E-state index in [0.29, 0.717) is 12.3 Å². The van der Waals surface area contributed by atoms with Gasteiger partial charge in [0.2, 0.25) is 5.91 Å². The van der Waals surface area contributed by atoms with E-state index in [4.69, 9.17) is 0 Å². The summed E-state index contributed by atoms with van der Waals surface area (Å²) in [6.07, 6.45) is 1.38. The van der Waals surface area contributed by atoms with Crippen molar-refractivity contribution in [3.05, 3.63) is 0 Å². The van der Waals surface area contributed by atoms with Gasteiger partial charge in [0.05, 0.1) is 6.04 Å². The maximum absolute atomic E-state index is 11.9. The molecule has 0 radical (unpaired) electrons. The van der Waals surface area contributed by atoms with Gasteiger partial charge in [-0.15, -0.1) is 0 Å². The van der Waals surface area contributed by atoms with E-state index < -0.39 is 5.92 Å². The topological polar surface area (TPSA) is 73.8 Å². The fraction of sp³-hybridized carbons (Fsp3) is 0.769. The molecule has 2 N–H and O–H groups in total. The molecule has 106 valence electrons. The molecular formula is C13H22N4O2. The highest BCUT2D eigenvalue weighted by Gasteiger charge is 2.34. The molecule has 2 unspecified atom stereocenters. The Morgan fingerprint density at radius 3 is 2.63 bits per heavy atom. The third-order valence-electron chi connectivity index (χ3n) is 3.77. The quantitative estimate of drug-likeness (QED) is 0.688. The van der Waals surface area contributed by atoms with Crippen LogP contribution in [0, 0.1) is 5.92 Å². The van der Waals surface area contributed by atoms with Crippen LogP contribution < -0.4 is 10.6 Å². The van der Waals surface area contributed by atoms with E-state index in [-0.39, 0.29) is 17.9 Å². The van der Waals surface area contributed by atoms with Crippen LogP contribution in [0.4, 0.5) is 0 Å². The van der Waals surface area contributed by atoms with Crippen molar-refractivity contribution in [2.75, 3.05) is 26.2 Å². The molecule has 6 nitrogen and oxygen atoms in total. The highest BCUT2D eigenvalue weighted by atomic mass is 16.2.